The smallest absolute Gasteiger partial charge is 0.407 e. The zero-order valence-corrected chi connectivity index (χ0v) is 30.7. The van der Waals surface area contributed by atoms with Crippen LogP contribution < -0.4 is 42.6 Å². The standard InChI is InChI=1S/C25H21N5O4.C17H15N5O2/c26-13-21-20-12-19(10-11-22(20)30-24(21)27)34-18-8-6-17(7-9-18)29-23(31)14-28-25(32)33-15-16-4-2-1-3-5-16;18-8-14-13-7-12(5-6-15(13)22-17(14)20)24-11-3-1-10(2-4-11)21-16(23)9-19/h1-12,30H,14-15,27H2,(H,28,32)(H,29,31);1-7,22H,9,19-20H2,(H,21,23). The van der Waals surface area contributed by atoms with Crippen LogP contribution in [0.25, 0.3) is 21.8 Å². The Kier molecular flexibility index (Phi) is 12.3. The van der Waals surface area contributed by atoms with Crippen molar-refractivity contribution in [3.8, 4) is 35.1 Å². The number of aromatic nitrogens is 2. The molecule has 0 radical (unpaired) electrons. The van der Waals surface area contributed by atoms with Gasteiger partial charge in [0.1, 0.15) is 71.1 Å². The number of nitrogen functional groups attached to an aromatic ring is 2. The third-order valence-electron chi connectivity index (χ3n) is 8.36. The van der Waals surface area contributed by atoms with Gasteiger partial charge in [-0.1, -0.05) is 30.3 Å². The van der Waals surface area contributed by atoms with E-state index in [1.165, 1.54) is 0 Å². The normalized spacial score (nSPS) is 10.3. The molecule has 16 heteroatoms. The van der Waals surface area contributed by atoms with Crippen LogP contribution in [0.15, 0.2) is 115 Å². The van der Waals surface area contributed by atoms with Gasteiger partial charge in [-0.2, -0.15) is 10.5 Å². The van der Waals surface area contributed by atoms with Crippen LogP contribution in [0.2, 0.25) is 0 Å². The maximum atomic E-state index is 12.1. The molecule has 0 spiro atoms. The lowest BCUT2D eigenvalue weighted by Gasteiger charge is -2.09. The van der Waals surface area contributed by atoms with Gasteiger partial charge < -0.3 is 57.3 Å². The summed E-state index contributed by atoms with van der Waals surface area (Å²) in [6, 6.07) is 37.7. The topological polar surface area (TPSA) is 272 Å². The Morgan fingerprint density at radius 1 is 0.621 bits per heavy atom. The zero-order valence-electron chi connectivity index (χ0n) is 30.7. The van der Waals surface area contributed by atoms with Crippen LogP contribution in [-0.4, -0.2) is 41.0 Å². The van der Waals surface area contributed by atoms with Crippen molar-refractivity contribution in [2.45, 2.75) is 6.61 Å². The molecule has 0 atom stereocenters. The molecule has 0 aliphatic carbocycles. The number of carbonyl (C=O) groups is 3. The second-order valence-electron chi connectivity index (χ2n) is 12.4. The number of carbonyl (C=O) groups excluding carboxylic acids is 3. The summed E-state index contributed by atoms with van der Waals surface area (Å²) in [5, 5.41) is 27.6. The Morgan fingerprint density at radius 2 is 1.09 bits per heavy atom. The molecular formula is C42H36N10O6. The van der Waals surface area contributed by atoms with E-state index in [1.54, 1.807) is 84.9 Å². The van der Waals surface area contributed by atoms with Gasteiger partial charge in [0.15, 0.2) is 0 Å². The number of H-pyrrole nitrogens is 2. The summed E-state index contributed by atoms with van der Waals surface area (Å²) in [5.74, 6) is 2.25. The molecule has 5 aromatic carbocycles. The Bertz CT molecular complexity index is 2660. The molecule has 0 fully saturated rings. The minimum absolute atomic E-state index is 0.0702. The van der Waals surface area contributed by atoms with Gasteiger partial charge in [-0.3, -0.25) is 9.59 Å². The molecule has 0 saturated heterocycles. The van der Waals surface area contributed by atoms with Crippen molar-refractivity contribution >= 4 is 62.7 Å². The number of fused-ring (bicyclic) bond motifs is 2. The zero-order chi connectivity index (χ0) is 41.0. The molecule has 0 saturated carbocycles. The Hall–Kier alpha value is -8.47. The molecular weight excluding hydrogens is 741 g/mol. The molecule has 3 amide bonds. The molecule has 2 heterocycles. The quantitative estimate of drug-likeness (QED) is 0.0694. The van der Waals surface area contributed by atoms with Crippen LogP contribution in [0.3, 0.4) is 0 Å². The van der Waals surface area contributed by atoms with Gasteiger partial charge in [-0.15, -0.1) is 0 Å². The molecule has 7 rings (SSSR count). The number of ether oxygens (including phenoxy) is 3. The van der Waals surface area contributed by atoms with E-state index in [9.17, 15) is 24.9 Å². The highest BCUT2D eigenvalue weighted by atomic mass is 16.5. The maximum absolute atomic E-state index is 12.1. The fourth-order valence-corrected chi connectivity index (χ4v) is 5.58. The van der Waals surface area contributed by atoms with Crippen molar-refractivity contribution in [1.82, 2.24) is 15.3 Å². The van der Waals surface area contributed by atoms with Crippen LogP contribution in [0, 0.1) is 22.7 Å². The molecule has 11 N–H and O–H groups in total. The third-order valence-corrected chi connectivity index (χ3v) is 8.36. The number of benzene rings is 5. The van der Waals surface area contributed by atoms with Crippen molar-refractivity contribution in [2.24, 2.45) is 5.73 Å². The minimum atomic E-state index is -0.677. The van der Waals surface area contributed by atoms with Gasteiger partial charge >= 0.3 is 6.09 Å². The second-order valence-corrected chi connectivity index (χ2v) is 12.4. The summed E-state index contributed by atoms with van der Waals surface area (Å²) < 4.78 is 16.7. The molecule has 0 aliphatic heterocycles. The number of nitrogens with zero attached hydrogens (tertiary/aromatic N) is 2. The number of nitrogens with two attached hydrogens (primary N) is 3. The molecule has 16 nitrogen and oxygen atoms in total. The lowest BCUT2D eigenvalue weighted by Crippen LogP contribution is -2.33. The van der Waals surface area contributed by atoms with Gasteiger partial charge in [-0.05, 0) is 90.5 Å². The fourth-order valence-electron chi connectivity index (χ4n) is 5.58. The monoisotopic (exact) mass is 776 g/mol. The van der Waals surface area contributed by atoms with Crippen LogP contribution in [0.1, 0.15) is 16.7 Å². The van der Waals surface area contributed by atoms with Crippen molar-refractivity contribution < 1.29 is 28.6 Å². The summed E-state index contributed by atoms with van der Waals surface area (Å²) in [5.41, 5.74) is 21.2. The first-order valence-corrected chi connectivity index (χ1v) is 17.5. The lowest BCUT2D eigenvalue weighted by atomic mass is 10.1. The predicted molar refractivity (Wildman–Crippen MR) is 219 cm³/mol. The first-order valence-electron chi connectivity index (χ1n) is 17.5. The number of alkyl carbamates (subject to hydrolysis) is 1. The van der Waals surface area contributed by atoms with E-state index in [-0.39, 0.29) is 25.6 Å². The molecule has 290 valence electrons. The van der Waals surface area contributed by atoms with E-state index < -0.39 is 12.0 Å². The lowest BCUT2D eigenvalue weighted by molar-refractivity contribution is -0.116. The van der Waals surface area contributed by atoms with Crippen LogP contribution in [0.5, 0.6) is 23.0 Å². The molecule has 2 aromatic heterocycles. The number of nitriles is 2. The first kappa shape index (κ1) is 39.2. The Labute approximate surface area is 331 Å². The molecule has 0 bridgehead atoms. The van der Waals surface area contributed by atoms with E-state index in [1.807, 2.05) is 30.3 Å². The van der Waals surface area contributed by atoms with E-state index in [0.717, 1.165) is 16.6 Å². The molecule has 7 aromatic rings. The van der Waals surface area contributed by atoms with Gasteiger partial charge in [-0.25, -0.2) is 4.79 Å². The summed E-state index contributed by atoms with van der Waals surface area (Å²) >= 11 is 0. The predicted octanol–water partition coefficient (Wildman–Crippen LogP) is 6.59. The van der Waals surface area contributed by atoms with Crippen molar-refractivity contribution in [2.75, 3.05) is 35.2 Å². The number of hydrogen-bond donors (Lipinski definition) is 8. The molecule has 0 aliphatic rings. The van der Waals surface area contributed by atoms with E-state index >= 15 is 0 Å². The van der Waals surface area contributed by atoms with Crippen LogP contribution in [-0.2, 0) is 20.9 Å². The van der Waals surface area contributed by atoms with Crippen molar-refractivity contribution in [1.29, 1.82) is 10.5 Å². The number of rotatable bonds is 11. The SMILES string of the molecule is N#Cc1c(N)[nH]c2ccc(Oc3ccc(NC(=O)CN)cc3)cc12.N#Cc1c(N)[nH]c2ccc(Oc3ccc(NC(=O)CNC(=O)OCc4ccccc4)cc3)cc12. The highest BCUT2D eigenvalue weighted by Gasteiger charge is 2.12. The van der Waals surface area contributed by atoms with Crippen molar-refractivity contribution in [3.05, 3.63) is 132 Å². The average molecular weight is 777 g/mol. The van der Waals surface area contributed by atoms with Gasteiger partial charge in [0.2, 0.25) is 11.8 Å². The van der Waals surface area contributed by atoms with Crippen molar-refractivity contribution in [3.63, 3.8) is 0 Å². The second kappa shape index (κ2) is 18.2. The first-order chi connectivity index (χ1) is 28.1. The van der Waals surface area contributed by atoms with E-state index in [4.69, 9.17) is 31.4 Å². The van der Waals surface area contributed by atoms with E-state index in [2.05, 4.69) is 38.1 Å². The fraction of sp³-hybridized carbons (Fsp3) is 0.0714. The van der Waals surface area contributed by atoms with Crippen LogP contribution >= 0.6 is 0 Å². The number of nitrogens with one attached hydrogen (secondary N) is 5. The number of hydrogen-bond acceptors (Lipinski definition) is 11. The highest BCUT2D eigenvalue weighted by molar-refractivity contribution is 5.95. The van der Waals surface area contributed by atoms with Gasteiger partial charge in [0.05, 0.1) is 6.54 Å². The average Bonchev–Trinajstić information content (AvgIpc) is 3.74. The molecule has 0 unspecified atom stereocenters. The van der Waals surface area contributed by atoms with Crippen LogP contribution in [0.4, 0.5) is 27.8 Å². The Morgan fingerprint density at radius 3 is 1.55 bits per heavy atom. The maximum Gasteiger partial charge on any atom is 0.407 e. The number of anilines is 4. The summed E-state index contributed by atoms with van der Waals surface area (Å²) in [6.07, 6.45) is -0.677. The third kappa shape index (κ3) is 9.98. The summed E-state index contributed by atoms with van der Waals surface area (Å²) in [6.45, 7) is -0.176. The van der Waals surface area contributed by atoms with Gasteiger partial charge in [0, 0.05) is 33.2 Å². The Balaban J connectivity index is 0.000000208. The number of amides is 3. The summed E-state index contributed by atoms with van der Waals surface area (Å²) in [4.78, 5) is 41.0. The largest absolute Gasteiger partial charge is 0.457 e. The van der Waals surface area contributed by atoms with E-state index in [0.29, 0.717) is 67.9 Å². The molecule has 58 heavy (non-hydrogen) atoms. The highest BCUT2D eigenvalue weighted by Crippen LogP contribution is 2.32. The minimum Gasteiger partial charge on any atom is -0.457 e. The van der Waals surface area contributed by atoms with Gasteiger partial charge in [0.25, 0.3) is 0 Å². The number of aromatic amines is 2. The summed E-state index contributed by atoms with van der Waals surface area (Å²) in [7, 11) is 0.